The van der Waals surface area contributed by atoms with Gasteiger partial charge in [-0.2, -0.15) is 0 Å². The lowest BCUT2D eigenvalue weighted by Gasteiger charge is -2.06. The van der Waals surface area contributed by atoms with Gasteiger partial charge < -0.3 is 4.74 Å². The van der Waals surface area contributed by atoms with Crippen LogP contribution in [0.3, 0.4) is 0 Å². The molecule has 2 aromatic rings. The summed E-state index contributed by atoms with van der Waals surface area (Å²) in [6, 6.07) is 13.3. The molecule has 0 aliphatic carbocycles. The van der Waals surface area contributed by atoms with Crippen molar-refractivity contribution in [3.05, 3.63) is 64.9 Å². The molecule has 0 bridgehead atoms. The number of halogens is 2. The van der Waals surface area contributed by atoms with Crippen molar-refractivity contribution < 1.29 is 13.3 Å². The summed E-state index contributed by atoms with van der Waals surface area (Å²) in [5.41, 5.74) is 0.972. The lowest BCUT2D eigenvalue weighted by Crippen LogP contribution is -2.06. The van der Waals surface area contributed by atoms with Crippen molar-refractivity contribution in [3.8, 4) is 5.75 Å². The Kier molecular flexibility index (Phi) is 6.21. The van der Waals surface area contributed by atoms with E-state index in [1.807, 2.05) is 18.2 Å². The van der Waals surface area contributed by atoms with Crippen LogP contribution in [-0.4, -0.2) is 16.6 Å². The zero-order chi connectivity index (χ0) is 15.1. The summed E-state index contributed by atoms with van der Waals surface area (Å²) in [6.45, 7) is 0.465. The van der Waals surface area contributed by atoms with Crippen LogP contribution in [0.1, 0.15) is 12.0 Å². The van der Waals surface area contributed by atoms with E-state index in [4.69, 9.17) is 16.3 Å². The topological polar surface area (TPSA) is 26.3 Å². The molecule has 0 aliphatic rings. The van der Waals surface area contributed by atoms with Crippen LogP contribution >= 0.6 is 11.6 Å². The Balaban J connectivity index is 1.68. The second-order valence-electron chi connectivity index (χ2n) is 4.57. The lowest BCUT2D eigenvalue weighted by atomic mass is 10.2. The van der Waals surface area contributed by atoms with Crippen LogP contribution in [0.4, 0.5) is 4.39 Å². The van der Waals surface area contributed by atoms with Crippen molar-refractivity contribution in [3.63, 3.8) is 0 Å². The fourth-order valence-corrected chi connectivity index (χ4v) is 3.17. The smallest absolute Gasteiger partial charge is 0.123 e. The molecule has 0 spiro atoms. The van der Waals surface area contributed by atoms with Gasteiger partial charge >= 0.3 is 0 Å². The van der Waals surface area contributed by atoms with Crippen LogP contribution in [0.15, 0.2) is 48.5 Å². The molecular formula is C16H16ClFO2S. The molecular weight excluding hydrogens is 311 g/mol. The fourth-order valence-electron chi connectivity index (χ4n) is 1.83. The summed E-state index contributed by atoms with van der Waals surface area (Å²) in [7, 11) is -0.939. The molecule has 0 saturated heterocycles. The highest BCUT2D eigenvalue weighted by Gasteiger charge is 2.03. The second kappa shape index (κ2) is 8.15. The van der Waals surface area contributed by atoms with Gasteiger partial charge in [0.05, 0.1) is 6.61 Å². The van der Waals surface area contributed by atoms with E-state index in [1.54, 1.807) is 18.2 Å². The van der Waals surface area contributed by atoms with Crippen LogP contribution in [0.25, 0.3) is 0 Å². The maximum absolute atomic E-state index is 12.7. The van der Waals surface area contributed by atoms with Gasteiger partial charge in [0.15, 0.2) is 0 Å². The van der Waals surface area contributed by atoms with E-state index in [-0.39, 0.29) is 5.82 Å². The monoisotopic (exact) mass is 326 g/mol. The van der Waals surface area contributed by atoms with Crippen LogP contribution < -0.4 is 4.74 Å². The molecule has 0 fully saturated rings. The van der Waals surface area contributed by atoms with E-state index in [1.165, 1.54) is 12.1 Å². The third kappa shape index (κ3) is 5.86. The number of ether oxygens (including phenoxy) is 1. The van der Waals surface area contributed by atoms with E-state index in [2.05, 4.69) is 0 Å². The highest BCUT2D eigenvalue weighted by Crippen LogP contribution is 2.13. The summed E-state index contributed by atoms with van der Waals surface area (Å²) >= 11 is 5.89. The van der Waals surface area contributed by atoms with Gasteiger partial charge in [0.1, 0.15) is 11.6 Å². The summed E-state index contributed by atoms with van der Waals surface area (Å²) in [6.07, 6.45) is 0.685. The summed E-state index contributed by atoms with van der Waals surface area (Å²) in [4.78, 5) is 0. The molecule has 2 aromatic carbocycles. The van der Waals surface area contributed by atoms with E-state index in [9.17, 15) is 8.60 Å². The Morgan fingerprint density at radius 1 is 1.14 bits per heavy atom. The number of hydrogen-bond acceptors (Lipinski definition) is 2. The van der Waals surface area contributed by atoms with Crippen LogP contribution in [0.2, 0.25) is 5.02 Å². The number of rotatable bonds is 7. The fraction of sp³-hybridized carbons (Fsp3) is 0.250. The quantitative estimate of drug-likeness (QED) is 0.713. The molecule has 0 heterocycles. The molecule has 2 rings (SSSR count). The van der Waals surface area contributed by atoms with E-state index in [0.29, 0.717) is 35.3 Å². The van der Waals surface area contributed by atoms with Crippen molar-refractivity contribution in [2.24, 2.45) is 0 Å². The van der Waals surface area contributed by atoms with Crippen LogP contribution in [0.5, 0.6) is 5.75 Å². The van der Waals surface area contributed by atoms with Gasteiger partial charge in [-0.15, -0.1) is 0 Å². The Hall–Kier alpha value is -1.39. The molecule has 0 amide bonds. The SMILES string of the molecule is O=[S@@](CCCOc1ccc(F)cc1)Cc1cccc(Cl)c1. The van der Waals surface area contributed by atoms with Gasteiger partial charge in [0, 0.05) is 27.3 Å². The average Bonchev–Trinajstić information content (AvgIpc) is 2.45. The third-order valence-electron chi connectivity index (χ3n) is 2.82. The molecule has 0 saturated carbocycles. The molecule has 0 aliphatic heterocycles. The predicted molar refractivity (Wildman–Crippen MR) is 84.7 cm³/mol. The van der Waals surface area contributed by atoms with Gasteiger partial charge in [-0.1, -0.05) is 23.7 Å². The molecule has 112 valence electrons. The van der Waals surface area contributed by atoms with E-state index < -0.39 is 10.8 Å². The third-order valence-corrected chi connectivity index (χ3v) is 4.45. The van der Waals surface area contributed by atoms with Gasteiger partial charge in [-0.05, 0) is 48.4 Å². The first kappa shape index (κ1) is 16.0. The van der Waals surface area contributed by atoms with Crippen molar-refractivity contribution in [2.45, 2.75) is 12.2 Å². The van der Waals surface area contributed by atoms with E-state index >= 15 is 0 Å². The molecule has 21 heavy (non-hydrogen) atoms. The maximum atomic E-state index is 12.7. The largest absolute Gasteiger partial charge is 0.494 e. The first-order chi connectivity index (χ1) is 10.1. The van der Waals surface area contributed by atoms with Gasteiger partial charge in [-0.3, -0.25) is 4.21 Å². The zero-order valence-electron chi connectivity index (χ0n) is 11.4. The van der Waals surface area contributed by atoms with Crippen LogP contribution in [-0.2, 0) is 16.6 Å². The average molecular weight is 327 g/mol. The minimum Gasteiger partial charge on any atom is -0.494 e. The normalized spacial score (nSPS) is 12.1. The second-order valence-corrected chi connectivity index (χ2v) is 6.59. The van der Waals surface area contributed by atoms with Gasteiger partial charge in [0.2, 0.25) is 0 Å². The molecule has 2 nitrogen and oxygen atoms in total. The Labute approximate surface area is 131 Å². The molecule has 0 N–H and O–H groups in total. The Morgan fingerprint density at radius 2 is 1.90 bits per heavy atom. The van der Waals surface area contributed by atoms with Crippen molar-refractivity contribution >= 4 is 22.4 Å². The van der Waals surface area contributed by atoms with E-state index in [0.717, 1.165) is 5.56 Å². The number of hydrogen-bond donors (Lipinski definition) is 0. The first-order valence-corrected chi connectivity index (χ1v) is 8.48. The lowest BCUT2D eigenvalue weighted by molar-refractivity contribution is 0.318. The minimum absolute atomic E-state index is 0.287. The van der Waals surface area contributed by atoms with Crippen molar-refractivity contribution in [2.75, 3.05) is 12.4 Å². The summed E-state index contributed by atoms with van der Waals surface area (Å²) in [5, 5.41) is 0.657. The molecule has 0 unspecified atom stereocenters. The molecule has 0 radical (unpaired) electrons. The molecule has 1 atom stereocenters. The highest BCUT2D eigenvalue weighted by molar-refractivity contribution is 7.84. The summed E-state index contributed by atoms with van der Waals surface area (Å²) < 4.78 is 30.1. The maximum Gasteiger partial charge on any atom is 0.123 e. The standard InChI is InChI=1S/C16H16ClFO2S/c17-14-4-1-3-13(11-14)12-21(19)10-2-9-20-16-7-5-15(18)6-8-16/h1,3-8,11H,2,9-10,12H2/t21-/m0/s1. The Morgan fingerprint density at radius 3 is 2.62 bits per heavy atom. The zero-order valence-corrected chi connectivity index (χ0v) is 13.0. The molecule has 5 heteroatoms. The van der Waals surface area contributed by atoms with Crippen molar-refractivity contribution in [1.82, 2.24) is 0 Å². The van der Waals surface area contributed by atoms with Crippen LogP contribution in [0, 0.1) is 5.82 Å². The Bertz CT molecular complexity index is 601. The summed E-state index contributed by atoms with van der Waals surface area (Å²) in [5.74, 6) is 1.40. The number of benzene rings is 2. The first-order valence-electron chi connectivity index (χ1n) is 6.61. The molecule has 0 aromatic heterocycles. The minimum atomic E-state index is -0.939. The highest BCUT2D eigenvalue weighted by atomic mass is 35.5. The van der Waals surface area contributed by atoms with Crippen molar-refractivity contribution in [1.29, 1.82) is 0 Å². The predicted octanol–water partition coefficient (Wildman–Crippen LogP) is 4.20. The van der Waals surface area contributed by atoms with Gasteiger partial charge in [-0.25, -0.2) is 4.39 Å². The van der Waals surface area contributed by atoms with Gasteiger partial charge in [0.25, 0.3) is 0 Å².